The molecule has 0 aliphatic rings. The van der Waals surface area contributed by atoms with Gasteiger partial charge in [-0.2, -0.15) is 5.10 Å². The number of amides is 1. The van der Waals surface area contributed by atoms with Crippen LogP contribution in [0.2, 0.25) is 0 Å². The number of nitrogens with one attached hydrogen (secondary N) is 1. The summed E-state index contributed by atoms with van der Waals surface area (Å²) < 4.78 is 11.0. The molecule has 0 unspecified atom stereocenters. The van der Waals surface area contributed by atoms with Crippen LogP contribution in [0.25, 0.3) is 0 Å². The molecule has 2 N–H and O–H groups in total. The average molecular weight is 351 g/mol. The third-order valence-electron chi connectivity index (χ3n) is 3.41. The Labute approximate surface area is 149 Å². The lowest BCUT2D eigenvalue weighted by atomic mass is 10.2. The molecule has 0 heterocycles. The lowest BCUT2D eigenvalue weighted by molar-refractivity contribution is -0.133. The molecule has 0 aliphatic carbocycles. The molecule has 0 spiro atoms. The highest BCUT2D eigenvalue weighted by Crippen LogP contribution is 2.27. The van der Waals surface area contributed by atoms with Crippen LogP contribution in [0.5, 0.6) is 11.5 Å². The SMILES string of the molecule is CCCN(CCC)C(=O)COc1ccc(C=NNCCO)cc1OC. The van der Waals surface area contributed by atoms with Crippen LogP contribution in [0.4, 0.5) is 0 Å². The Hall–Kier alpha value is -2.28. The third-order valence-corrected chi connectivity index (χ3v) is 3.41. The van der Waals surface area contributed by atoms with Crippen LogP contribution in [0, 0.1) is 0 Å². The summed E-state index contributed by atoms with van der Waals surface area (Å²) in [6.45, 7) is 5.98. The maximum atomic E-state index is 12.3. The quantitative estimate of drug-likeness (QED) is 0.340. The van der Waals surface area contributed by atoms with Crippen molar-refractivity contribution in [2.45, 2.75) is 26.7 Å². The molecular weight excluding hydrogens is 322 g/mol. The van der Waals surface area contributed by atoms with Gasteiger partial charge >= 0.3 is 0 Å². The highest BCUT2D eigenvalue weighted by molar-refractivity contribution is 5.81. The van der Waals surface area contributed by atoms with E-state index in [4.69, 9.17) is 14.6 Å². The predicted molar refractivity (Wildman–Crippen MR) is 98.3 cm³/mol. The summed E-state index contributed by atoms with van der Waals surface area (Å²) in [5, 5.41) is 12.7. The van der Waals surface area contributed by atoms with E-state index in [0.29, 0.717) is 18.0 Å². The Balaban J connectivity index is 2.68. The fourth-order valence-electron chi connectivity index (χ4n) is 2.25. The molecular formula is C18H29N3O4. The van der Waals surface area contributed by atoms with Crippen molar-refractivity contribution in [1.82, 2.24) is 10.3 Å². The number of aliphatic hydroxyl groups excluding tert-OH is 1. The van der Waals surface area contributed by atoms with Gasteiger partial charge in [-0.05, 0) is 36.6 Å². The highest BCUT2D eigenvalue weighted by atomic mass is 16.5. The summed E-state index contributed by atoms with van der Waals surface area (Å²) in [5.74, 6) is 1.03. The summed E-state index contributed by atoms with van der Waals surface area (Å²) in [4.78, 5) is 14.1. The van der Waals surface area contributed by atoms with Gasteiger partial charge in [-0.3, -0.25) is 4.79 Å². The minimum Gasteiger partial charge on any atom is -0.493 e. The van der Waals surface area contributed by atoms with Crippen LogP contribution in [0.15, 0.2) is 23.3 Å². The van der Waals surface area contributed by atoms with E-state index in [1.807, 2.05) is 11.0 Å². The van der Waals surface area contributed by atoms with E-state index >= 15 is 0 Å². The summed E-state index contributed by atoms with van der Waals surface area (Å²) in [7, 11) is 1.55. The normalized spacial score (nSPS) is 10.7. The van der Waals surface area contributed by atoms with Gasteiger partial charge in [-0.15, -0.1) is 0 Å². The van der Waals surface area contributed by atoms with E-state index in [2.05, 4.69) is 24.4 Å². The highest BCUT2D eigenvalue weighted by Gasteiger charge is 2.14. The number of rotatable bonds is 12. The van der Waals surface area contributed by atoms with E-state index in [1.165, 1.54) is 0 Å². The number of nitrogens with zero attached hydrogens (tertiary/aromatic N) is 2. The minimum absolute atomic E-state index is 0.0121. The molecule has 1 rings (SSSR count). The van der Waals surface area contributed by atoms with Crippen LogP contribution < -0.4 is 14.9 Å². The number of carbonyl (C=O) groups excluding carboxylic acids is 1. The van der Waals surface area contributed by atoms with E-state index in [0.717, 1.165) is 31.5 Å². The standard InChI is InChI=1S/C18H29N3O4/c1-4-9-21(10-5-2)18(23)14-25-16-7-6-15(12-17(16)24-3)13-20-19-8-11-22/h6-7,12-13,19,22H,4-5,8-11,14H2,1-3H3. The zero-order valence-corrected chi connectivity index (χ0v) is 15.3. The van der Waals surface area contributed by atoms with Gasteiger partial charge in [0.05, 0.1) is 26.5 Å². The zero-order chi connectivity index (χ0) is 18.5. The van der Waals surface area contributed by atoms with E-state index < -0.39 is 0 Å². The number of hydrazone groups is 1. The van der Waals surface area contributed by atoms with Gasteiger partial charge in [-0.1, -0.05) is 13.8 Å². The fourth-order valence-corrected chi connectivity index (χ4v) is 2.25. The van der Waals surface area contributed by atoms with Gasteiger partial charge < -0.3 is 24.9 Å². The van der Waals surface area contributed by atoms with Crippen molar-refractivity contribution in [2.24, 2.45) is 5.10 Å². The molecule has 0 saturated heterocycles. The molecule has 0 bridgehead atoms. The molecule has 1 aromatic rings. The maximum Gasteiger partial charge on any atom is 0.260 e. The van der Waals surface area contributed by atoms with E-state index in [-0.39, 0.29) is 19.1 Å². The molecule has 0 saturated carbocycles. The summed E-state index contributed by atoms with van der Waals surface area (Å²) in [5.41, 5.74) is 3.53. The Morgan fingerprint density at radius 3 is 2.60 bits per heavy atom. The molecule has 25 heavy (non-hydrogen) atoms. The Morgan fingerprint density at radius 1 is 1.28 bits per heavy atom. The van der Waals surface area contributed by atoms with Crippen molar-refractivity contribution in [1.29, 1.82) is 0 Å². The van der Waals surface area contributed by atoms with Crippen molar-refractivity contribution in [2.75, 3.05) is 40.0 Å². The van der Waals surface area contributed by atoms with Gasteiger partial charge in [-0.25, -0.2) is 0 Å². The number of hydrogen-bond donors (Lipinski definition) is 2. The lowest BCUT2D eigenvalue weighted by Gasteiger charge is -2.21. The Kier molecular flexibility index (Phi) is 10.1. The van der Waals surface area contributed by atoms with Crippen LogP contribution >= 0.6 is 0 Å². The average Bonchev–Trinajstić information content (AvgIpc) is 2.63. The van der Waals surface area contributed by atoms with Gasteiger partial charge in [0.2, 0.25) is 0 Å². The first-order valence-corrected chi connectivity index (χ1v) is 8.61. The molecule has 7 nitrogen and oxygen atoms in total. The smallest absolute Gasteiger partial charge is 0.260 e. The first-order valence-electron chi connectivity index (χ1n) is 8.61. The van der Waals surface area contributed by atoms with E-state index in [1.54, 1.807) is 25.5 Å². The largest absolute Gasteiger partial charge is 0.493 e. The lowest BCUT2D eigenvalue weighted by Crippen LogP contribution is -2.36. The van der Waals surface area contributed by atoms with Crippen LogP contribution in [-0.2, 0) is 4.79 Å². The number of ether oxygens (including phenoxy) is 2. The fraction of sp³-hybridized carbons (Fsp3) is 0.556. The van der Waals surface area contributed by atoms with Crippen molar-refractivity contribution in [3.8, 4) is 11.5 Å². The zero-order valence-electron chi connectivity index (χ0n) is 15.3. The van der Waals surface area contributed by atoms with Crippen LogP contribution in [0.1, 0.15) is 32.3 Å². The number of hydrogen-bond acceptors (Lipinski definition) is 6. The van der Waals surface area contributed by atoms with Crippen molar-refractivity contribution in [3.63, 3.8) is 0 Å². The van der Waals surface area contributed by atoms with E-state index in [9.17, 15) is 4.79 Å². The number of methoxy groups -OCH3 is 1. The first kappa shape index (κ1) is 20.8. The Morgan fingerprint density at radius 2 is 2.00 bits per heavy atom. The monoisotopic (exact) mass is 351 g/mol. The maximum absolute atomic E-state index is 12.3. The molecule has 0 atom stereocenters. The molecule has 0 aromatic heterocycles. The van der Waals surface area contributed by atoms with Gasteiger partial charge in [0.15, 0.2) is 18.1 Å². The minimum atomic E-state index is -0.0235. The second-order valence-electron chi connectivity index (χ2n) is 5.47. The number of carbonyl (C=O) groups is 1. The molecule has 140 valence electrons. The second-order valence-corrected chi connectivity index (χ2v) is 5.47. The molecule has 1 amide bonds. The van der Waals surface area contributed by atoms with Crippen molar-refractivity contribution in [3.05, 3.63) is 23.8 Å². The molecule has 0 aliphatic heterocycles. The van der Waals surface area contributed by atoms with Gasteiger partial charge in [0.25, 0.3) is 5.91 Å². The van der Waals surface area contributed by atoms with Crippen molar-refractivity contribution >= 4 is 12.1 Å². The molecule has 1 aromatic carbocycles. The molecule has 0 fully saturated rings. The first-order chi connectivity index (χ1) is 12.2. The Bertz CT molecular complexity index is 543. The molecule has 0 radical (unpaired) electrons. The van der Waals surface area contributed by atoms with Crippen LogP contribution in [-0.4, -0.2) is 62.1 Å². The third kappa shape index (κ3) is 7.43. The number of benzene rings is 1. The van der Waals surface area contributed by atoms with Crippen molar-refractivity contribution < 1.29 is 19.4 Å². The van der Waals surface area contributed by atoms with Crippen LogP contribution in [0.3, 0.4) is 0 Å². The van der Waals surface area contributed by atoms with Gasteiger partial charge in [0.1, 0.15) is 0 Å². The predicted octanol–water partition coefficient (Wildman–Crippen LogP) is 1.64. The summed E-state index contributed by atoms with van der Waals surface area (Å²) in [6.07, 6.45) is 3.47. The summed E-state index contributed by atoms with van der Waals surface area (Å²) >= 11 is 0. The topological polar surface area (TPSA) is 83.4 Å². The summed E-state index contributed by atoms with van der Waals surface area (Å²) in [6, 6.07) is 5.35. The number of aliphatic hydroxyl groups is 1. The van der Waals surface area contributed by atoms with Gasteiger partial charge in [0, 0.05) is 13.1 Å². The molecule has 7 heteroatoms. The second kappa shape index (κ2) is 12.1.